The zero-order valence-electron chi connectivity index (χ0n) is 12.7. The first-order chi connectivity index (χ1) is 11.1. The van der Waals surface area contributed by atoms with Crippen molar-refractivity contribution in [2.45, 2.75) is 6.04 Å². The number of hydrogen-bond acceptors (Lipinski definition) is 3. The average Bonchev–Trinajstić information content (AvgIpc) is 3.08. The topological polar surface area (TPSA) is 54.8 Å². The SMILES string of the molecule is Cn1c(C(=O)N2CCN3C(=O)OC[C@H]3C2)cc2cccc(Cl)c21. The standard InChI is InChI=1S/C16H16ClN3O3/c1-18-13(7-10-3-2-4-12(17)14(10)18)15(21)19-5-6-20-11(8-19)9-23-16(20)22/h2-4,7,11H,5-6,8-9H2,1H3/t11-/m1/s1. The number of carbonyl (C=O) groups excluding carboxylic acids is 2. The molecule has 0 spiro atoms. The minimum Gasteiger partial charge on any atom is -0.447 e. The third-order valence-corrected chi connectivity index (χ3v) is 4.93. The zero-order valence-corrected chi connectivity index (χ0v) is 13.4. The number of piperazine rings is 1. The maximum absolute atomic E-state index is 12.9. The van der Waals surface area contributed by atoms with Gasteiger partial charge in [0.15, 0.2) is 0 Å². The van der Waals surface area contributed by atoms with E-state index in [1.165, 1.54) is 0 Å². The molecule has 0 unspecified atom stereocenters. The molecule has 1 atom stereocenters. The van der Waals surface area contributed by atoms with Crippen LogP contribution in [0, 0.1) is 0 Å². The number of amides is 2. The van der Waals surface area contributed by atoms with Crippen LogP contribution in [0.15, 0.2) is 24.3 Å². The molecule has 2 aromatic rings. The van der Waals surface area contributed by atoms with Crippen LogP contribution in [0.1, 0.15) is 10.5 Å². The number of ether oxygens (including phenoxy) is 1. The van der Waals surface area contributed by atoms with E-state index in [-0.39, 0.29) is 18.0 Å². The minimum absolute atomic E-state index is 0.0428. The maximum atomic E-state index is 12.9. The Morgan fingerprint density at radius 1 is 1.35 bits per heavy atom. The van der Waals surface area contributed by atoms with Crippen LogP contribution in [-0.4, -0.2) is 58.7 Å². The summed E-state index contributed by atoms with van der Waals surface area (Å²) in [5, 5.41) is 1.57. The van der Waals surface area contributed by atoms with Crippen molar-refractivity contribution in [3.05, 3.63) is 35.0 Å². The molecule has 120 valence electrons. The summed E-state index contributed by atoms with van der Waals surface area (Å²) in [6.07, 6.45) is -0.279. The van der Waals surface area contributed by atoms with Gasteiger partial charge in [-0.05, 0) is 12.1 Å². The first-order valence-electron chi connectivity index (χ1n) is 7.53. The van der Waals surface area contributed by atoms with E-state index in [0.717, 1.165) is 10.9 Å². The van der Waals surface area contributed by atoms with Crippen molar-refractivity contribution < 1.29 is 14.3 Å². The Morgan fingerprint density at radius 3 is 2.96 bits per heavy atom. The highest BCUT2D eigenvalue weighted by Gasteiger charge is 2.39. The molecule has 0 saturated carbocycles. The monoisotopic (exact) mass is 333 g/mol. The van der Waals surface area contributed by atoms with Crippen molar-refractivity contribution in [2.75, 3.05) is 26.2 Å². The Bertz CT molecular complexity index is 816. The molecule has 2 amide bonds. The zero-order chi connectivity index (χ0) is 16.1. The van der Waals surface area contributed by atoms with Crippen LogP contribution in [0.4, 0.5) is 4.79 Å². The van der Waals surface area contributed by atoms with Crippen LogP contribution >= 0.6 is 11.6 Å². The number of carbonyl (C=O) groups is 2. The molecule has 23 heavy (non-hydrogen) atoms. The van der Waals surface area contributed by atoms with Gasteiger partial charge in [-0.15, -0.1) is 0 Å². The molecule has 6 nitrogen and oxygen atoms in total. The fourth-order valence-corrected chi connectivity index (χ4v) is 3.72. The lowest BCUT2D eigenvalue weighted by Crippen LogP contribution is -2.53. The van der Waals surface area contributed by atoms with Gasteiger partial charge in [0.2, 0.25) is 0 Å². The van der Waals surface area contributed by atoms with Crippen LogP contribution in [-0.2, 0) is 11.8 Å². The highest BCUT2D eigenvalue weighted by atomic mass is 35.5. The molecule has 0 N–H and O–H groups in total. The van der Waals surface area contributed by atoms with E-state index < -0.39 is 0 Å². The number of benzene rings is 1. The maximum Gasteiger partial charge on any atom is 0.410 e. The number of fused-ring (bicyclic) bond motifs is 2. The smallest absolute Gasteiger partial charge is 0.410 e. The molecule has 2 saturated heterocycles. The van der Waals surface area contributed by atoms with Crippen molar-refractivity contribution in [2.24, 2.45) is 7.05 Å². The summed E-state index contributed by atoms with van der Waals surface area (Å²) in [5.41, 5.74) is 1.46. The predicted molar refractivity (Wildman–Crippen MR) is 85.7 cm³/mol. The molecule has 2 aliphatic heterocycles. The van der Waals surface area contributed by atoms with Crippen LogP contribution in [0.3, 0.4) is 0 Å². The third kappa shape index (κ3) is 2.16. The predicted octanol–water partition coefficient (Wildman–Crippen LogP) is 2.11. The minimum atomic E-state index is -0.279. The molecule has 1 aromatic heterocycles. The van der Waals surface area contributed by atoms with Crippen LogP contribution in [0.25, 0.3) is 10.9 Å². The molecule has 0 radical (unpaired) electrons. The van der Waals surface area contributed by atoms with Crippen molar-refractivity contribution >= 4 is 34.5 Å². The lowest BCUT2D eigenvalue weighted by Gasteiger charge is -2.35. The van der Waals surface area contributed by atoms with Crippen molar-refractivity contribution in [1.82, 2.24) is 14.4 Å². The molecular weight excluding hydrogens is 318 g/mol. The van der Waals surface area contributed by atoms with Gasteiger partial charge in [-0.25, -0.2) is 4.79 Å². The van der Waals surface area contributed by atoms with Gasteiger partial charge in [0.05, 0.1) is 16.6 Å². The molecule has 3 heterocycles. The fourth-order valence-electron chi connectivity index (χ4n) is 3.41. The molecule has 4 rings (SSSR count). The van der Waals surface area contributed by atoms with Crippen molar-refractivity contribution in [3.8, 4) is 0 Å². The van der Waals surface area contributed by atoms with Gasteiger partial charge < -0.3 is 14.2 Å². The quantitative estimate of drug-likeness (QED) is 0.803. The number of hydrogen-bond donors (Lipinski definition) is 0. The lowest BCUT2D eigenvalue weighted by molar-refractivity contribution is 0.0608. The summed E-state index contributed by atoms with van der Waals surface area (Å²) in [7, 11) is 1.85. The molecule has 2 aliphatic rings. The molecule has 0 bridgehead atoms. The molecule has 0 aliphatic carbocycles. The molecular formula is C16H16ClN3O3. The first-order valence-corrected chi connectivity index (χ1v) is 7.90. The Balaban J connectivity index is 1.64. The lowest BCUT2D eigenvalue weighted by atomic mass is 10.2. The Labute approximate surface area is 138 Å². The van der Waals surface area contributed by atoms with E-state index >= 15 is 0 Å². The number of rotatable bonds is 1. The Morgan fingerprint density at radius 2 is 2.17 bits per heavy atom. The van der Waals surface area contributed by atoms with E-state index in [1.54, 1.807) is 9.80 Å². The van der Waals surface area contributed by atoms with E-state index in [1.807, 2.05) is 35.9 Å². The van der Waals surface area contributed by atoms with Crippen LogP contribution in [0.2, 0.25) is 5.02 Å². The number of halogens is 1. The van der Waals surface area contributed by atoms with Gasteiger partial charge in [0.25, 0.3) is 5.91 Å². The second-order valence-electron chi connectivity index (χ2n) is 5.94. The number of cyclic esters (lactones) is 1. The van der Waals surface area contributed by atoms with Gasteiger partial charge in [-0.3, -0.25) is 9.69 Å². The summed E-state index contributed by atoms with van der Waals surface area (Å²) >= 11 is 6.25. The highest BCUT2D eigenvalue weighted by Crippen LogP contribution is 2.27. The summed E-state index contributed by atoms with van der Waals surface area (Å²) in [6, 6.07) is 7.46. The second kappa shape index (κ2) is 5.16. The van der Waals surface area contributed by atoms with E-state index in [9.17, 15) is 9.59 Å². The molecule has 1 aromatic carbocycles. The van der Waals surface area contributed by atoms with Crippen LogP contribution < -0.4 is 0 Å². The number of para-hydroxylation sites is 1. The summed E-state index contributed by atoms with van der Waals surface area (Å²) in [4.78, 5) is 27.9. The molecule has 2 fully saturated rings. The number of aryl methyl sites for hydroxylation is 1. The van der Waals surface area contributed by atoms with E-state index in [0.29, 0.717) is 37.0 Å². The normalized spacial score (nSPS) is 20.8. The number of nitrogens with zero attached hydrogens (tertiary/aromatic N) is 3. The largest absolute Gasteiger partial charge is 0.447 e. The first kappa shape index (κ1) is 14.4. The van der Waals surface area contributed by atoms with Crippen molar-refractivity contribution in [1.29, 1.82) is 0 Å². The fraction of sp³-hybridized carbons (Fsp3) is 0.375. The van der Waals surface area contributed by atoms with Gasteiger partial charge in [0, 0.05) is 32.1 Å². The Kier molecular flexibility index (Phi) is 3.23. The summed E-state index contributed by atoms with van der Waals surface area (Å²) in [6.45, 7) is 1.88. The van der Waals surface area contributed by atoms with Gasteiger partial charge in [-0.2, -0.15) is 0 Å². The molecule has 7 heteroatoms. The third-order valence-electron chi connectivity index (χ3n) is 4.63. The highest BCUT2D eigenvalue weighted by molar-refractivity contribution is 6.35. The van der Waals surface area contributed by atoms with E-state index in [2.05, 4.69) is 0 Å². The van der Waals surface area contributed by atoms with E-state index in [4.69, 9.17) is 16.3 Å². The van der Waals surface area contributed by atoms with Crippen molar-refractivity contribution in [3.63, 3.8) is 0 Å². The average molecular weight is 334 g/mol. The van der Waals surface area contributed by atoms with Crippen LogP contribution in [0.5, 0.6) is 0 Å². The second-order valence-corrected chi connectivity index (χ2v) is 6.35. The Hall–Kier alpha value is -2.21. The van der Waals surface area contributed by atoms with Gasteiger partial charge in [-0.1, -0.05) is 23.7 Å². The number of aromatic nitrogens is 1. The summed E-state index contributed by atoms with van der Waals surface area (Å²) in [5.74, 6) is -0.0428. The van der Waals surface area contributed by atoms with Gasteiger partial charge >= 0.3 is 6.09 Å². The van der Waals surface area contributed by atoms with Gasteiger partial charge in [0.1, 0.15) is 12.3 Å². The summed E-state index contributed by atoms with van der Waals surface area (Å²) < 4.78 is 6.88.